The summed E-state index contributed by atoms with van der Waals surface area (Å²) in [6.07, 6.45) is 5.32. The van der Waals surface area contributed by atoms with Crippen LogP contribution in [0, 0.1) is 19.7 Å². The normalized spacial score (nSPS) is 15.1. The van der Waals surface area contributed by atoms with Crippen molar-refractivity contribution in [3.8, 4) is 0 Å². The number of fused-ring (bicyclic) bond motifs is 1. The lowest BCUT2D eigenvalue weighted by molar-refractivity contribution is 0.629. The van der Waals surface area contributed by atoms with Gasteiger partial charge in [0.25, 0.3) is 0 Å². The predicted molar refractivity (Wildman–Crippen MR) is 68.2 cm³/mol. The molecule has 2 aromatic rings. The van der Waals surface area contributed by atoms with Gasteiger partial charge < -0.3 is 0 Å². The van der Waals surface area contributed by atoms with Crippen molar-refractivity contribution in [2.24, 2.45) is 0 Å². The molecule has 0 aliphatic carbocycles. The molecule has 3 rings (SSSR count). The molecule has 0 atom stereocenters. The fourth-order valence-corrected chi connectivity index (χ4v) is 2.50. The highest BCUT2D eigenvalue weighted by Crippen LogP contribution is 2.27. The topological polar surface area (TPSA) is 8.17 Å². The highest BCUT2D eigenvalue weighted by Gasteiger charge is 2.16. The maximum Gasteiger partial charge on any atom is 0.123 e. The van der Waals surface area contributed by atoms with Crippen LogP contribution >= 0.6 is 0 Å². The van der Waals surface area contributed by atoms with Gasteiger partial charge in [-0.25, -0.2) is 4.39 Å². The Labute approximate surface area is 99.9 Å². The second-order valence-electron chi connectivity index (χ2n) is 4.52. The average Bonchev–Trinajstić information content (AvgIpc) is 2.90. The van der Waals surface area contributed by atoms with Gasteiger partial charge in [-0.2, -0.15) is 0 Å². The summed E-state index contributed by atoms with van der Waals surface area (Å²) in [5.74, 6) is -0.172. The summed E-state index contributed by atoms with van der Waals surface area (Å²) in [6.45, 7) is 5.12. The molecule has 2 nitrogen and oxygen atoms in total. The van der Waals surface area contributed by atoms with Crippen LogP contribution in [-0.4, -0.2) is 11.2 Å². The van der Waals surface area contributed by atoms with E-state index in [0.29, 0.717) is 0 Å². The summed E-state index contributed by atoms with van der Waals surface area (Å²) in [7, 11) is 0. The highest BCUT2D eigenvalue weighted by atomic mass is 19.1. The zero-order valence-corrected chi connectivity index (χ0v) is 10.1. The van der Waals surface area contributed by atoms with Gasteiger partial charge in [-0.15, -0.1) is 0 Å². The first-order chi connectivity index (χ1) is 8.18. The first-order valence-electron chi connectivity index (χ1n) is 5.89. The number of aryl methyl sites for hydroxylation is 1. The van der Waals surface area contributed by atoms with E-state index in [2.05, 4.69) is 28.9 Å². The third-order valence-corrected chi connectivity index (χ3v) is 3.51. The fourth-order valence-electron chi connectivity index (χ4n) is 2.50. The lowest BCUT2D eigenvalue weighted by Gasteiger charge is -2.20. The Hall–Kier alpha value is -1.77. The molecule has 0 saturated carbocycles. The molecular formula is C14H15FN2. The van der Waals surface area contributed by atoms with Crippen molar-refractivity contribution in [1.82, 2.24) is 4.68 Å². The number of benzene rings is 1. The molecule has 0 radical (unpaired) electrons. The van der Waals surface area contributed by atoms with Gasteiger partial charge in [0.05, 0.1) is 5.52 Å². The van der Waals surface area contributed by atoms with Crippen molar-refractivity contribution in [3.05, 3.63) is 47.5 Å². The van der Waals surface area contributed by atoms with Crippen LogP contribution in [0.3, 0.4) is 0 Å². The summed E-state index contributed by atoms with van der Waals surface area (Å²) in [5, 5.41) is 3.19. The minimum absolute atomic E-state index is 0.172. The number of hydrogen-bond donors (Lipinski definition) is 0. The van der Waals surface area contributed by atoms with Crippen LogP contribution in [0.5, 0.6) is 0 Å². The largest absolute Gasteiger partial charge is 0.288 e. The zero-order valence-electron chi connectivity index (χ0n) is 10.1. The van der Waals surface area contributed by atoms with E-state index >= 15 is 0 Å². The van der Waals surface area contributed by atoms with Crippen LogP contribution in [0.1, 0.15) is 17.7 Å². The minimum Gasteiger partial charge on any atom is -0.288 e. The molecule has 2 heterocycles. The van der Waals surface area contributed by atoms with Gasteiger partial charge in [-0.1, -0.05) is 6.08 Å². The maximum absolute atomic E-state index is 13.3. The molecule has 17 heavy (non-hydrogen) atoms. The monoisotopic (exact) mass is 230 g/mol. The SMILES string of the molecule is Cc1c(C)n(N2C=CCC2)c2ccc(F)cc12. The van der Waals surface area contributed by atoms with Crippen LogP contribution in [0.15, 0.2) is 30.5 Å². The van der Waals surface area contributed by atoms with E-state index < -0.39 is 0 Å². The molecule has 0 fully saturated rings. The van der Waals surface area contributed by atoms with Crippen LogP contribution in [-0.2, 0) is 0 Å². The van der Waals surface area contributed by atoms with Gasteiger partial charge in [0.1, 0.15) is 5.82 Å². The highest BCUT2D eigenvalue weighted by molar-refractivity contribution is 5.85. The van der Waals surface area contributed by atoms with Crippen molar-refractivity contribution in [2.75, 3.05) is 11.6 Å². The van der Waals surface area contributed by atoms with Crippen LogP contribution in [0.4, 0.5) is 4.39 Å². The fraction of sp³-hybridized carbons (Fsp3) is 0.286. The Bertz CT molecular complexity index is 610. The Balaban J connectivity index is 2.30. The predicted octanol–water partition coefficient (Wildman–Crippen LogP) is 3.25. The van der Waals surface area contributed by atoms with E-state index in [1.54, 1.807) is 6.07 Å². The number of hydrogen-bond acceptors (Lipinski definition) is 1. The second kappa shape index (κ2) is 3.62. The van der Waals surface area contributed by atoms with E-state index in [0.717, 1.165) is 29.4 Å². The van der Waals surface area contributed by atoms with Crippen LogP contribution in [0.2, 0.25) is 0 Å². The molecule has 0 spiro atoms. The summed E-state index contributed by atoms with van der Waals surface area (Å²) in [6, 6.07) is 5.00. The van der Waals surface area contributed by atoms with Gasteiger partial charge in [-0.05, 0) is 44.0 Å². The molecule has 0 bridgehead atoms. The number of aromatic nitrogens is 1. The number of nitrogens with zero attached hydrogens (tertiary/aromatic N) is 2. The van der Waals surface area contributed by atoms with E-state index in [1.807, 2.05) is 13.0 Å². The van der Waals surface area contributed by atoms with Crippen molar-refractivity contribution >= 4 is 10.9 Å². The Morgan fingerprint density at radius 2 is 2.06 bits per heavy atom. The second-order valence-corrected chi connectivity index (χ2v) is 4.52. The van der Waals surface area contributed by atoms with Crippen molar-refractivity contribution in [2.45, 2.75) is 20.3 Å². The average molecular weight is 230 g/mol. The van der Waals surface area contributed by atoms with Crippen molar-refractivity contribution < 1.29 is 4.39 Å². The lowest BCUT2D eigenvalue weighted by atomic mass is 10.1. The Kier molecular flexibility index (Phi) is 2.21. The molecule has 0 N–H and O–H groups in total. The van der Waals surface area contributed by atoms with Crippen LogP contribution < -0.4 is 5.01 Å². The van der Waals surface area contributed by atoms with Crippen molar-refractivity contribution in [3.63, 3.8) is 0 Å². The molecule has 0 unspecified atom stereocenters. The summed E-state index contributed by atoms with van der Waals surface area (Å²) in [5.41, 5.74) is 3.41. The van der Waals surface area contributed by atoms with E-state index in [4.69, 9.17) is 0 Å². The summed E-state index contributed by atoms with van der Waals surface area (Å²) in [4.78, 5) is 0. The molecule has 0 amide bonds. The molecule has 88 valence electrons. The minimum atomic E-state index is -0.172. The summed E-state index contributed by atoms with van der Waals surface area (Å²) >= 11 is 0. The van der Waals surface area contributed by atoms with Gasteiger partial charge in [0.15, 0.2) is 0 Å². The Morgan fingerprint density at radius 1 is 1.24 bits per heavy atom. The quantitative estimate of drug-likeness (QED) is 0.730. The molecule has 3 heteroatoms. The Morgan fingerprint density at radius 3 is 2.76 bits per heavy atom. The van der Waals surface area contributed by atoms with Gasteiger partial charge >= 0.3 is 0 Å². The first-order valence-corrected chi connectivity index (χ1v) is 5.89. The van der Waals surface area contributed by atoms with Gasteiger partial charge in [0.2, 0.25) is 0 Å². The third kappa shape index (κ3) is 1.46. The van der Waals surface area contributed by atoms with Crippen LogP contribution in [0.25, 0.3) is 10.9 Å². The lowest BCUT2D eigenvalue weighted by Crippen LogP contribution is -2.27. The molecule has 1 aromatic heterocycles. The summed E-state index contributed by atoms with van der Waals surface area (Å²) < 4.78 is 15.5. The van der Waals surface area contributed by atoms with E-state index in [1.165, 1.54) is 11.8 Å². The maximum atomic E-state index is 13.3. The van der Waals surface area contributed by atoms with E-state index in [9.17, 15) is 4.39 Å². The standard InChI is InChI=1S/C14H15FN2/c1-10-11(2)17(16-7-3-4-8-16)14-6-5-12(15)9-13(10)14/h3,5-7,9H,4,8H2,1-2H3. The van der Waals surface area contributed by atoms with E-state index in [-0.39, 0.29) is 5.82 Å². The number of rotatable bonds is 1. The third-order valence-electron chi connectivity index (χ3n) is 3.51. The van der Waals surface area contributed by atoms with Gasteiger partial charge in [0, 0.05) is 23.8 Å². The zero-order chi connectivity index (χ0) is 12.0. The van der Waals surface area contributed by atoms with Crippen molar-refractivity contribution in [1.29, 1.82) is 0 Å². The molecular weight excluding hydrogens is 215 g/mol. The first kappa shape index (κ1) is 10.4. The smallest absolute Gasteiger partial charge is 0.123 e. The molecule has 1 aromatic carbocycles. The van der Waals surface area contributed by atoms with Gasteiger partial charge in [-0.3, -0.25) is 9.69 Å². The molecule has 1 aliphatic rings. The number of halogens is 1. The molecule has 1 aliphatic heterocycles. The molecule has 0 saturated heterocycles.